The summed E-state index contributed by atoms with van der Waals surface area (Å²) >= 11 is 0. The first-order chi connectivity index (χ1) is 9.22. The molecular formula is C15H27N3O. The quantitative estimate of drug-likeness (QED) is 0.859. The molecule has 1 unspecified atom stereocenters. The molecule has 1 fully saturated rings. The molecule has 1 aliphatic rings. The van der Waals surface area contributed by atoms with E-state index in [0.29, 0.717) is 0 Å². The maximum atomic E-state index is 6.24. The Morgan fingerprint density at radius 3 is 2.63 bits per heavy atom. The van der Waals surface area contributed by atoms with Gasteiger partial charge in [-0.3, -0.25) is 4.68 Å². The third kappa shape index (κ3) is 3.18. The number of hydrogen-bond acceptors (Lipinski definition) is 3. The van der Waals surface area contributed by atoms with E-state index in [1.807, 2.05) is 17.9 Å². The average molecular weight is 265 g/mol. The molecule has 0 radical (unpaired) electrons. The lowest BCUT2D eigenvalue weighted by Crippen LogP contribution is -2.48. The van der Waals surface area contributed by atoms with E-state index >= 15 is 0 Å². The lowest BCUT2D eigenvalue weighted by Gasteiger charge is -2.43. The second-order valence-electron chi connectivity index (χ2n) is 5.46. The summed E-state index contributed by atoms with van der Waals surface area (Å²) in [6.07, 6.45) is 8.13. The second kappa shape index (κ2) is 6.53. The molecule has 1 N–H and O–H groups in total. The smallest absolute Gasteiger partial charge is 0.0892 e. The van der Waals surface area contributed by atoms with Gasteiger partial charge >= 0.3 is 0 Å². The number of nitrogens with one attached hydrogen (secondary N) is 1. The van der Waals surface area contributed by atoms with E-state index in [4.69, 9.17) is 4.74 Å². The SMILES string of the molecule is CCNC(c1ccn(C)n1)C1(OCC)CCCCC1. The van der Waals surface area contributed by atoms with Crippen molar-refractivity contribution in [1.29, 1.82) is 0 Å². The van der Waals surface area contributed by atoms with Crippen molar-refractivity contribution in [3.05, 3.63) is 18.0 Å². The summed E-state index contributed by atoms with van der Waals surface area (Å²) in [6.45, 7) is 5.96. The molecule has 1 aromatic heterocycles. The summed E-state index contributed by atoms with van der Waals surface area (Å²) < 4.78 is 8.11. The fourth-order valence-corrected chi connectivity index (χ4v) is 3.31. The Bertz CT molecular complexity index is 377. The van der Waals surface area contributed by atoms with Gasteiger partial charge in [-0.05, 0) is 32.4 Å². The largest absolute Gasteiger partial charge is 0.373 e. The average Bonchev–Trinajstić information content (AvgIpc) is 2.83. The summed E-state index contributed by atoms with van der Waals surface area (Å²) in [7, 11) is 1.97. The van der Waals surface area contributed by atoms with Crippen LogP contribution in [0.4, 0.5) is 0 Å². The Morgan fingerprint density at radius 2 is 2.11 bits per heavy atom. The van der Waals surface area contributed by atoms with Crippen LogP contribution in [0, 0.1) is 0 Å². The number of aromatic nitrogens is 2. The molecular weight excluding hydrogens is 238 g/mol. The highest BCUT2D eigenvalue weighted by Gasteiger charge is 2.42. The first kappa shape index (κ1) is 14.5. The van der Waals surface area contributed by atoms with Crippen LogP contribution in [-0.2, 0) is 11.8 Å². The topological polar surface area (TPSA) is 39.1 Å². The minimum atomic E-state index is -0.0721. The van der Waals surface area contributed by atoms with Crippen LogP contribution in [0.2, 0.25) is 0 Å². The summed E-state index contributed by atoms with van der Waals surface area (Å²) in [5, 5.41) is 8.21. The number of nitrogens with zero attached hydrogens (tertiary/aromatic N) is 2. The molecule has 0 aromatic carbocycles. The molecule has 1 heterocycles. The molecule has 1 aliphatic carbocycles. The van der Waals surface area contributed by atoms with Crippen LogP contribution in [0.1, 0.15) is 57.7 Å². The molecule has 0 aliphatic heterocycles. The monoisotopic (exact) mass is 265 g/mol. The number of aryl methyl sites for hydroxylation is 1. The zero-order valence-corrected chi connectivity index (χ0v) is 12.5. The highest BCUT2D eigenvalue weighted by molar-refractivity contribution is 5.13. The fourth-order valence-electron chi connectivity index (χ4n) is 3.31. The number of rotatable bonds is 6. The number of likely N-dealkylation sites (N-methyl/N-ethyl adjacent to an activating group) is 1. The van der Waals surface area contributed by atoms with Crippen LogP contribution in [-0.4, -0.2) is 28.5 Å². The van der Waals surface area contributed by atoms with E-state index in [2.05, 4.69) is 30.3 Å². The highest BCUT2D eigenvalue weighted by atomic mass is 16.5. The molecule has 1 atom stereocenters. The van der Waals surface area contributed by atoms with E-state index < -0.39 is 0 Å². The summed E-state index contributed by atoms with van der Waals surface area (Å²) in [4.78, 5) is 0. The van der Waals surface area contributed by atoms with Crippen molar-refractivity contribution in [2.45, 2.75) is 57.6 Å². The van der Waals surface area contributed by atoms with Gasteiger partial charge in [-0.1, -0.05) is 26.2 Å². The van der Waals surface area contributed by atoms with Gasteiger partial charge in [0.1, 0.15) is 0 Å². The Kier molecular flexibility index (Phi) is 4.99. The molecule has 0 amide bonds. The highest BCUT2D eigenvalue weighted by Crippen LogP contribution is 2.41. The molecule has 0 bridgehead atoms. The van der Waals surface area contributed by atoms with Crippen LogP contribution in [0.25, 0.3) is 0 Å². The van der Waals surface area contributed by atoms with Crippen LogP contribution < -0.4 is 5.32 Å². The molecule has 19 heavy (non-hydrogen) atoms. The molecule has 0 spiro atoms. The van der Waals surface area contributed by atoms with Crippen molar-refractivity contribution in [1.82, 2.24) is 15.1 Å². The van der Waals surface area contributed by atoms with Crippen molar-refractivity contribution in [2.75, 3.05) is 13.2 Å². The van der Waals surface area contributed by atoms with E-state index in [1.54, 1.807) is 0 Å². The normalized spacial score (nSPS) is 20.4. The molecule has 108 valence electrons. The van der Waals surface area contributed by atoms with Gasteiger partial charge in [-0.25, -0.2) is 0 Å². The van der Waals surface area contributed by atoms with Crippen molar-refractivity contribution in [2.24, 2.45) is 7.05 Å². The van der Waals surface area contributed by atoms with Gasteiger partial charge in [-0.15, -0.1) is 0 Å². The summed E-state index contributed by atoms with van der Waals surface area (Å²) in [6, 6.07) is 2.32. The van der Waals surface area contributed by atoms with Gasteiger partial charge in [0.05, 0.1) is 17.3 Å². The molecule has 0 saturated heterocycles. The minimum Gasteiger partial charge on any atom is -0.373 e. The number of hydrogen-bond donors (Lipinski definition) is 1. The Morgan fingerprint density at radius 1 is 1.37 bits per heavy atom. The Hall–Kier alpha value is -0.870. The minimum absolute atomic E-state index is 0.0721. The van der Waals surface area contributed by atoms with E-state index in [1.165, 1.54) is 19.3 Å². The molecule has 1 aromatic rings. The summed E-state index contributed by atoms with van der Waals surface area (Å²) in [5.41, 5.74) is 1.04. The van der Waals surface area contributed by atoms with Crippen molar-refractivity contribution >= 4 is 0 Å². The zero-order valence-electron chi connectivity index (χ0n) is 12.5. The molecule has 1 saturated carbocycles. The van der Waals surface area contributed by atoms with Crippen LogP contribution in [0.5, 0.6) is 0 Å². The van der Waals surface area contributed by atoms with Gasteiger partial charge < -0.3 is 10.1 Å². The van der Waals surface area contributed by atoms with Crippen molar-refractivity contribution in [3.8, 4) is 0 Å². The predicted molar refractivity (Wildman–Crippen MR) is 77.1 cm³/mol. The molecule has 4 heteroatoms. The van der Waals surface area contributed by atoms with Gasteiger partial charge in [0, 0.05) is 19.9 Å². The van der Waals surface area contributed by atoms with Crippen molar-refractivity contribution in [3.63, 3.8) is 0 Å². The number of ether oxygens (including phenoxy) is 1. The van der Waals surface area contributed by atoms with Gasteiger partial charge in [0.25, 0.3) is 0 Å². The first-order valence-electron chi connectivity index (χ1n) is 7.58. The van der Waals surface area contributed by atoms with Gasteiger partial charge in [-0.2, -0.15) is 5.10 Å². The maximum absolute atomic E-state index is 6.24. The fraction of sp³-hybridized carbons (Fsp3) is 0.800. The third-order valence-electron chi connectivity index (χ3n) is 4.10. The lowest BCUT2D eigenvalue weighted by molar-refractivity contribution is -0.0919. The van der Waals surface area contributed by atoms with E-state index in [0.717, 1.165) is 31.7 Å². The van der Waals surface area contributed by atoms with E-state index in [9.17, 15) is 0 Å². The standard InChI is InChI=1S/C15H27N3O/c1-4-16-14(13-9-12-18(3)17-13)15(19-5-2)10-7-6-8-11-15/h9,12,14,16H,4-8,10-11H2,1-3H3. The first-order valence-corrected chi connectivity index (χ1v) is 7.58. The predicted octanol–water partition coefficient (Wildman–Crippen LogP) is 2.81. The third-order valence-corrected chi connectivity index (χ3v) is 4.10. The van der Waals surface area contributed by atoms with Crippen LogP contribution in [0.3, 0.4) is 0 Å². The molecule has 4 nitrogen and oxygen atoms in total. The zero-order chi connectivity index (χ0) is 13.7. The van der Waals surface area contributed by atoms with Gasteiger partial charge in [0.2, 0.25) is 0 Å². The lowest BCUT2D eigenvalue weighted by atomic mass is 9.78. The summed E-state index contributed by atoms with van der Waals surface area (Å²) in [5.74, 6) is 0. The maximum Gasteiger partial charge on any atom is 0.0892 e. The van der Waals surface area contributed by atoms with Crippen LogP contribution in [0.15, 0.2) is 12.3 Å². The van der Waals surface area contributed by atoms with Crippen molar-refractivity contribution < 1.29 is 4.74 Å². The second-order valence-corrected chi connectivity index (χ2v) is 5.46. The van der Waals surface area contributed by atoms with Gasteiger partial charge in [0.15, 0.2) is 0 Å². The Balaban J connectivity index is 2.27. The van der Waals surface area contributed by atoms with E-state index in [-0.39, 0.29) is 11.6 Å². The Labute approximate surface area is 116 Å². The van der Waals surface area contributed by atoms with Crippen LogP contribution >= 0.6 is 0 Å². The molecule has 2 rings (SSSR count).